The van der Waals surface area contributed by atoms with E-state index in [9.17, 15) is 14.4 Å². The first kappa shape index (κ1) is 21.9. The van der Waals surface area contributed by atoms with Gasteiger partial charge in [-0.3, -0.25) is 9.59 Å². The van der Waals surface area contributed by atoms with Crippen molar-refractivity contribution in [3.63, 3.8) is 0 Å². The van der Waals surface area contributed by atoms with Gasteiger partial charge in [-0.05, 0) is 36.6 Å². The Labute approximate surface area is 170 Å². The van der Waals surface area contributed by atoms with E-state index in [1.807, 2.05) is 32.9 Å². The molecule has 29 heavy (non-hydrogen) atoms. The highest BCUT2D eigenvalue weighted by molar-refractivity contribution is 6.04. The number of benzene rings is 2. The number of carbonyl (C=O) groups is 3. The van der Waals surface area contributed by atoms with Crippen LogP contribution in [0.4, 0.5) is 5.69 Å². The molecule has 0 aliphatic rings. The summed E-state index contributed by atoms with van der Waals surface area (Å²) in [6, 6.07) is 13.9. The van der Waals surface area contributed by atoms with E-state index < -0.39 is 18.5 Å². The van der Waals surface area contributed by atoms with Crippen LogP contribution in [0, 0.1) is 12.8 Å². The first-order valence-electron chi connectivity index (χ1n) is 9.38. The quantitative estimate of drug-likeness (QED) is 0.634. The number of esters is 1. The lowest BCUT2D eigenvalue weighted by Gasteiger charge is -2.13. The van der Waals surface area contributed by atoms with Gasteiger partial charge in [-0.15, -0.1) is 0 Å². The number of carbonyl (C=O) groups excluding carboxylic acids is 3. The molecule has 7 heteroatoms. The summed E-state index contributed by atoms with van der Waals surface area (Å²) < 4.78 is 10.3. The number of rotatable bonds is 9. The van der Waals surface area contributed by atoms with Crippen molar-refractivity contribution in [3.8, 4) is 5.75 Å². The first-order chi connectivity index (χ1) is 13.9. The van der Waals surface area contributed by atoms with E-state index in [-0.39, 0.29) is 12.5 Å². The number of ether oxygens (including phenoxy) is 2. The molecule has 0 fully saturated rings. The summed E-state index contributed by atoms with van der Waals surface area (Å²) in [5, 5.41) is 5.41. The fraction of sp³-hybridized carbons (Fsp3) is 0.318. The van der Waals surface area contributed by atoms with Crippen molar-refractivity contribution >= 4 is 23.5 Å². The van der Waals surface area contributed by atoms with E-state index in [0.717, 1.165) is 5.56 Å². The molecule has 0 aliphatic heterocycles. The Bertz CT molecular complexity index is 864. The number of amides is 2. The standard InChI is InChI=1S/C22H26N2O5/c1-15(2)12-23-22(27)17-9-5-6-10-18(17)24-20(25)13-29-21(26)14-28-19-11-7-4-8-16(19)3/h4-11,15H,12-14H2,1-3H3,(H,23,27)(H,24,25). The maximum Gasteiger partial charge on any atom is 0.344 e. The van der Waals surface area contributed by atoms with Crippen LogP contribution < -0.4 is 15.4 Å². The molecule has 0 aliphatic carbocycles. The Kier molecular flexibility index (Phi) is 8.21. The Morgan fingerprint density at radius 3 is 2.38 bits per heavy atom. The minimum Gasteiger partial charge on any atom is -0.482 e. The molecule has 0 radical (unpaired) electrons. The monoisotopic (exact) mass is 398 g/mol. The third-order valence-electron chi connectivity index (χ3n) is 3.92. The molecule has 0 heterocycles. The highest BCUT2D eigenvalue weighted by Crippen LogP contribution is 2.16. The van der Waals surface area contributed by atoms with Crippen LogP contribution in [0.15, 0.2) is 48.5 Å². The summed E-state index contributed by atoms with van der Waals surface area (Å²) in [5.41, 5.74) is 1.59. The van der Waals surface area contributed by atoms with E-state index in [0.29, 0.717) is 29.5 Å². The maximum absolute atomic E-state index is 12.3. The van der Waals surface area contributed by atoms with Gasteiger partial charge in [0.25, 0.3) is 11.8 Å². The Morgan fingerprint density at radius 2 is 1.66 bits per heavy atom. The summed E-state index contributed by atoms with van der Waals surface area (Å²) in [4.78, 5) is 36.2. The average Bonchev–Trinajstić information content (AvgIpc) is 2.70. The molecule has 0 aromatic heterocycles. The number of para-hydroxylation sites is 2. The Morgan fingerprint density at radius 1 is 0.966 bits per heavy atom. The Hall–Kier alpha value is -3.35. The van der Waals surface area contributed by atoms with E-state index in [1.54, 1.807) is 36.4 Å². The van der Waals surface area contributed by atoms with Crippen LogP contribution in [0.5, 0.6) is 5.75 Å². The molecule has 0 atom stereocenters. The highest BCUT2D eigenvalue weighted by atomic mass is 16.6. The summed E-state index contributed by atoms with van der Waals surface area (Å²) in [5.74, 6) is -0.597. The van der Waals surface area contributed by atoms with Crippen molar-refractivity contribution in [2.24, 2.45) is 5.92 Å². The molecule has 0 saturated heterocycles. The largest absolute Gasteiger partial charge is 0.482 e. The van der Waals surface area contributed by atoms with Crippen LogP contribution in [0.25, 0.3) is 0 Å². The minimum absolute atomic E-state index is 0.279. The molecule has 2 rings (SSSR count). The van der Waals surface area contributed by atoms with Gasteiger partial charge in [0.2, 0.25) is 0 Å². The van der Waals surface area contributed by atoms with Gasteiger partial charge in [-0.2, -0.15) is 0 Å². The van der Waals surface area contributed by atoms with Gasteiger partial charge in [-0.25, -0.2) is 4.79 Å². The van der Waals surface area contributed by atoms with Crippen molar-refractivity contribution in [2.75, 3.05) is 25.1 Å². The lowest BCUT2D eigenvalue weighted by molar-refractivity contribution is -0.149. The van der Waals surface area contributed by atoms with Crippen LogP contribution in [-0.4, -0.2) is 37.5 Å². The third kappa shape index (κ3) is 7.29. The van der Waals surface area contributed by atoms with Crippen molar-refractivity contribution in [3.05, 3.63) is 59.7 Å². The van der Waals surface area contributed by atoms with Gasteiger partial charge in [-0.1, -0.05) is 44.2 Å². The van der Waals surface area contributed by atoms with Crippen molar-refractivity contribution in [2.45, 2.75) is 20.8 Å². The van der Waals surface area contributed by atoms with Crippen LogP contribution in [0.3, 0.4) is 0 Å². The minimum atomic E-state index is -0.661. The van der Waals surface area contributed by atoms with Gasteiger partial charge >= 0.3 is 5.97 Å². The summed E-state index contributed by atoms with van der Waals surface area (Å²) in [6.45, 7) is 5.60. The normalized spacial score (nSPS) is 10.3. The van der Waals surface area contributed by atoms with Crippen LogP contribution in [0.2, 0.25) is 0 Å². The predicted molar refractivity (Wildman–Crippen MR) is 110 cm³/mol. The zero-order valence-electron chi connectivity index (χ0n) is 16.9. The number of hydrogen-bond donors (Lipinski definition) is 2. The highest BCUT2D eigenvalue weighted by Gasteiger charge is 2.14. The average molecular weight is 398 g/mol. The number of nitrogens with one attached hydrogen (secondary N) is 2. The molecule has 2 aromatic rings. The van der Waals surface area contributed by atoms with Gasteiger partial charge in [0.05, 0.1) is 11.3 Å². The second-order valence-corrected chi connectivity index (χ2v) is 6.91. The molecule has 0 spiro atoms. The molecular formula is C22H26N2O5. The Balaban J connectivity index is 1.84. The second-order valence-electron chi connectivity index (χ2n) is 6.91. The number of anilines is 1. The zero-order chi connectivity index (χ0) is 21.2. The van der Waals surface area contributed by atoms with E-state index in [4.69, 9.17) is 9.47 Å². The molecule has 0 unspecified atom stereocenters. The molecule has 154 valence electrons. The van der Waals surface area contributed by atoms with Gasteiger partial charge in [0.1, 0.15) is 5.75 Å². The molecule has 7 nitrogen and oxygen atoms in total. The summed E-state index contributed by atoms with van der Waals surface area (Å²) >= 11 is 0. The maximum atomic E-state index is 12.3. The lowest BCUT2D eigenvalue weighted by atomic mass is 10.1. The fourth-order valence-corrected chi connectivity index (χ4v) is 2.41. The number of hydrogen-bond acceptors (Lipinski definition) is 5. The van der Waals surface area contributed by atoms with Crippen molar-refractivity contribution in [1.29, 1.82) is 0 Å². The van der Waals surface area contributed by atoms with Crippen molar-refractivity contribution < 1.29 is 23.9 Å². The predicted octanol–water partition coefficient (Wildman–Crippen LogP) is 2.94. The summed E-state index contributed by atoms with van der Waals surface area (Å²) in [6.07, 6.45) is 0. The molecule has 0 saturated carbocycles. The lowest BCUT2D eigenvalue weighted by Crippen LogP contribution is -2.29. The van der Waals surface area contributed by atoms with Crippen LogP contribution in [0.1, 0.15) is 29.8 Å². The van der Waals surface area contributed by atoms with Crippen molar-refractivity contribution in [1.82, 2.24) is 5.32 Å². The van der Waals surface area contributed by atoms with Gasteiger partial charge < -0.3 is 20.1 Å². The van der Waals surface area contributed by atoms with Crippen LogP contribution in [-0.2, 0) is 14.3 Å². The first-order valence-corrected chi connectivity index (χ1v) is 9.38. The third-order valence-corrected chi connectivity index (χ3v) is 3.92. The van der Waals surface area contributed by atoms with E-state index in [1.165, 1.54) is 0 Å². The smallest absolute Gasteiger partial charge is 0.344 e. The second kappa shape index (κ2) is 10.8. The molecule has 0 bridgehead atoms. The summed E-state index contributed by atoms with van der Waals surface area (Å²) in [7, 11) is 0. The molecular weight excluding hydrogens is 372 g/mol. The molecule has 2 amide bonds. The van der Waals surface area contributed by atoms with E-state index in [2.05, 4.69) is 10.6 Å². The van der Waals surface area contributed by atoms with E-state index >= 15 is 0 Å². The fourth-order valence-electron chi connectivity index (χ4n) is 2.41. The van der Waals surface area contributed by atoms with Gasteiger partial charge in [0.15, 0.2) is 13.2 Å². The zero-order valence-corrected chi connectivity index (χ0v) is 16.9. The van der Waals surface area contributed by atoms with Gasteiger partial charge in [0, 0.05) is 6.54 Å². The SMILES string of the molecule is Cc1ccccc1OCC(=O)OCC(=O)Nc1ccccc1C(=O)NCC(C)C. The van der Waals surface area contributed by atoms with Crippen LogP contribution >= 0.6 is 0 Å². The molecule has 2 N–H and O–H groups in total. The number of aryl methyl sites for hydroxylation is 1. The topological polar surface area (TPSA) is 93.7 Å². The molecule has 2 aromatic carbocycles.